The predicted octanol–water partition coefficient (Wildman–Crippen LogP) is 1.62. The van der Waals surface area contributed by atoms with Gasteiger partial charge in [-0.2, -0.15) is 0 Å². The van der Waals surface area contributed by atoms with Crippen LogP contribution in [0.1, 0.15) is 22.8 Å². The zero-order valence-electron chi connectivity index (χ0n) is 9.31. The molecule has 2 N–H and O–H groups in total. The number of hydrogen-bond donors (Lipinski definition) is 2. The van der Waals surface area contributed by atoms with E-state index in [0.717, 1.165) is 0 Å². The van der Waals surface area contributed by atoms with Crippen molar-refractivity contribution in [1.29, 1.82) is 0 Å². The third kappa shape index (κ3) is 3.64. The zero-order valence-corrected chi connectivity index (χ0v) is 10.9. The van der Waals surface area contributed by atoms with Crippen LogP contribution in [0.15, 0.2) is 18.2 Å². The third-order valence-electron chi connectivity index (χ3n) is 2.42. The lowest BCUT2D eigenvalue weighted by atomic mass is 9.98. The van der Waals surface area contributed by atoms with Crippen molar-refractivity contribution in [2.24, 2.45) is 0 Å². The summed E-state index contributed by atoms with van der Waals surface area (Å²) in [4.78, 5) is 22.0. The number of carboxylic acids is 1. The van der Waals surface area contributed by atoms with Gasteiger partial charge in [0, 0.05) is 6.42 Å². The van der Waals surface area contributed by atoms with Crippen molar-refractivity contribution < 1.29 is 19.8 Å². The number of aliphatic hydroxyl groups excluding tert-OH is 1. The largest absolute Gasteiger partial charge is 0.479 e. The number of aryl methyl sites for hydroxylation is 1. The van der Waals surface area contributed by atoms with E-state index in [4.69, 9.17) is 5.11 Å². The first kappa shape index (κ1) is 13.9. The summed E-state index contributed by atoms with van der Waals surface area (Å²) in [6, 6.07) is 5.03. The number of aliphatic hydroxyl groups is 1. The number of benzene rings is 1. The van der Waals surface area contributed by atoms with Gasteiger partial charge in [0.15, 0.2) is 6.10 Å². The Kier molecular flexibility index (Phi) is 4.84. The van der Waals surface area contributed by atoms with E-state index < -0.39 is 12.1 Å². The average molecular weight is 301 g/mol. The number of Topliss-reactive ketones (excluding diaryl/α,β-unsaturated/α-hetero) is 1. The zero-order chi connectivity index (χ0) is 13.0. The molecule has 92 valence electrons. The standard InChI is InChI=1S/C12H13BrO4/c1-7-2-3-8(4-9(14)6-13)5-10(7)11(15)12(16)17/h2-3,5,11,15H,4,6H2,1H3,(H,16,17). The number of halogens is 1. The molecule has 1 atom stereocenters. The Bertz CT molecular complexity index is 442. The fourth-order valence-electron chi connectivity index (χ4n) is 1.50. The summed E-state index contributed by atoms with van der Waals surface area (Å²) in [5.74, 6) is -1.29. The second kappa shape index (κ2) is 5.93. The highest BCUT2D eigenvalue weighted by atomic mass is 79.9. The molecule has 0 radical (unpaired) electrons. The molecule has 0 spiro atoms. The van der Waals surface area contributed by atoms with E-state index in [2.05, 4.69) is 15.9 Å². The molecule has 1 aromatic carbocycles. The molecule has 1 rings (SSSR count). The SMILES string of the molecule is Cc1ccc(CC(=O)CBr)cc1C(O)C(=O)O. The number of carboxylic acid groups (broad SMARTS) is 1. The van der Waals surface area contributed by atoms with Gasteiger partial charge in [0.2, 0.25) is 0 Å². The van der Waals surface area contributed by atoms with E-state index in [-0.39, 0.29) is 17.5 Å². The quantitative estimate of drug-likeness (QED) is 0.810. The van der Waals surface area contributed by atoms with E-state index in [9.17, 15) is 14.7 Å². The number of rotatable bonds is 5. The number of hydrogen-bond acceptors (Lipinski definition) is 3. The van der Waals surface area contributed by atoms with Crippen LogP contribution in [0.4, 0.5) is 0 Å². The van der Waals surface area contributed by atoms with E-state index in [1.807, 2.05) is 0 Å². The van der Waals surface area contributed by atoms with Crippen LogP contribution in [0.2, 0.25) is 0 Å². The molecule has 0 fully saturated rings. The van der Waals surface area contributed by atoms with Gasteiger partial charge in [-0.3, -0.25) is 4.79 Å². The molecule has 0 heterocycles. The number of alkyl halides is 1. The van der Waals surface area contributed by atoms with Crippen LogP contribution in [0.3, 0.4) is 0 Å². The molecule has 0 aromatic heterocycles. The maximum atomic E-state index is 11.3. The van der Waals surface area contributed by atoms with Gasteiger partial charge in [0.25, 0.3) is 0 Å². The van der Waals surface area contributed by atoms with Crippen LogP contribution in [0, 0.1) is 6.92 Å². The molecule has 4 nitrogen and oxygen atoms in total. The second-order valence-electron chi connectivity index (χ2n) is 3.78. The van der Waals surface area contributed by atoms with Gasteiger partial charge in [-0.15, -0.1) is 0 Å². The van der Waals surface area contributed by atoms with E-state index in [1.54, 1.807) is 25.1 Å². The Morgan fingerprint density at radius 2 is 2.06 bits per heavy atom. The normalized spacial score (nSPS) is 12.2. The minimum absolute atomic E-state index is 0.00428. The van der Waals surface area contributed by atoms with E-state index >= 15 is 0 Å². The molecule has 17 heavy (non-hydrogen) atoms. The molecule has 0 aliphatic rings. The van der Waals surface area contributed by atoms with Gasteiger partial charge >= 0.3 is 5.97 Å². The highest BCUT2D eigenvalue weighted by molar-refractivity contribution is 9.09. The number of carbonyl (C=O) groups excluding carboxylic acids is 1. The monoisotopic (exact) mass is 300 g/mol. The summed E-state index contributed by atoms with van der Waals surface area (Å²) in [5.41, 5.74) is 1.72. The van der Waals surface area contributed by atoms with Gasteiger partial charge in [-0.1, -0.05) is 34.1 Å². The number of ketones is 1. The lowest BCUT2D eigenvalue weighted by Gasteiger charge is -2.11. The van der Waals surface area contributed by atoms with Crippen molar-refractivity contribution in [3.05, 3.63) is 34.9 Å². The Hall–Kier alpha value is -1.20. The van der Waals surface area contributed by atoms with E-state index in [1.165, 1.54) is 0 Å². The van der Waals surface area contributed by atoms with Gasteiger partial charge in [-0.05, 0) is 23.6 Å². The first-order chi connectivity index (χ1) is 7.95. The first-order valence-corrected chi connectivity index (χ1v) is 6.15. The van der Waals surface area contributed by atoms with Crippen LogP contribution in [-0.4, -0.2) is 27.3 Å². The van der Waals surface area contributed by atoms with Crippen LogP contribution in [0.5, 0.6) is 0 Å². The fourth-order valence-corrected chi connectivity index (χ4v) is 1.70. The Balaban J connectivity index is 3.02. The molecule has 0 saturated carbocycles. The molecule has 0 saturated heterocycles. The Labute approximate surface area is 107 Å². The molecule has 1 unspecified atom stereocenters. The first-order valence-electron chi connectivity index (χ1n) is 5.03. The van der Waals surface area contributed by atoms with Crippen molar-refractivity contribution in [3.63, 3.8) is 0 Å². The predicted molar refractivity (Wildman–Crippen MR) is 66.3 cm³/mol. The number of aliphatic carboxylic acids is 1. The van der Waals surface area contributed by atoms with Crippen molar-refractivity contribution in [2.45, 2.75) is 19.4 Å². The molecular weight excluding hydrogens is 288 g/mol. The van der Waals surface area contributed by atoms with Crippen molar-refractivity contribution >= 4 is 27.7 Å². The average Bonchev–Trinajstić information content (AvgIpc) is 2.30. The van der Waals surface area contributed by atoms with Gasteiger partial charge in [0.05, 0.1) is 5.33 Å². The van der Waals surface area contributed by atoms with Crippen molar-refractivity contribution in [1.82, 2.24) is 0 Å². The lowest BCUT2D eigenvalue weighted by Crippen LogP contribution is -2.13. The smallest absolute Gasteiger partial charge is 0.337 e. The maximum Gasteiger partial charge on any atom is 0.337 e. The summed E-state index contributed by atoms with van der Waals surface area (Å²) in [6.07, 6.45) is -1.32. The van der Waals surface area contributed by atoms with Gasteiger partial charge in [0.1, 0.15) is 5.78 Å². The van der Waals surface area contributed by atoms with Gasteiger partial charge in [-0.25, -0.2) is 4.79 Å². The van der Waals surface area contributed by atoms with Crippen LogP contribution >= 0.6 is 15.9 Å². The molecule has 0 amide bonds. The molecule has 1 aromatic rings. The molecule has 0 aliphatic heterocycles. The van der Waals surface area contributed by atoms with E-state index in [0.29, 0.717) is 16.7 Å². The third-order valence-corrected chi connectivity index (χ3v) is 3.05. The highest BCUT2D eigenvalue weighted by Gasteiger charge is 2.18. The fraction of sp³-hybridized carbons (Fsp3) is 0.333. The lowest BCUT2D eigenvalue weighted by molar-refractivity contribution is -0.147. The molecule has 0 aliphatic carbocycles. The minimum Gasteiger partial charge on any atom is -0.479 e. The maximum absolute atomic E-state index is 11.3. The van der Waals surface area contributed by atoms with Crippen molar-refractivity contribution in [2.75, 3.05) is 5.33 Å². The topological polar surface area (TPSA) is 74.6 Å². The van der Waals surface area contributed by atoms with Crippen LogP contribution in [0.25, 0.3) is 0 Å². The molecule has 0 bridgehead atoms. The summed E-state index contributed by atoms with van der Waals surface area (Å²) >= 11 is 3.06. The Morgan fingerprint density at radius 1 is 1.41 bits per heavy atom. The highest BCUT2D eigenvalue weighted by Crippen LogP contribution is 2.20. The molecular formula is C12H13BrO4. The molecule has 5 heteroatoms. The minimum atomic E-state index is -1.55. The van der Waals surface area contributed by atoms with Crippen molar-refractivity contribution in [3.8, 4) is 0 Å². The van der Waals surface area contributed by atoms with Gasteiger partial charge < -0.3 is 10.2 Å². The van der Waals surface area contributed by atoms with Crippen LogP contribution < -0.4 is 0 Å². The summed E-state index contributed by atoms with van der Waals surface area (Å²) in [5, 5.41) is 18.5. The summed E-state index contributed by atoms with van der Waals surface area (Å²) in [6.45, 7) is 1.72. The van der Waals surface area contributed by atoms with Crippen LogP contribution in [-0.2, 0) is 16.0 Å². The summed E-state index contributed by atoms with van der Waals surface area (Å²) in [7, 11) is 0. The second-order valence-corrected chi connectivity index (χ2v) is 4.34. The Morgan fingerprint density at radius 3 is 2.59 bits per heavy atom. The number of carbonyl (C=O) groups is 2. The summed E-state index contributed by atoms with van der Waals surface area (Å²) < 4.78 is 0.